The standard InChI is InChI=1S/C11H21N3S/c1-7(2)5-9(12)6-10-13-11(8(3)4)14-15-10/h7-9H,5-6,12H2,1-4H3. The molecule has 1 atom stereocenters. The Hall–Kier alpha value is -0.480. The molecule has 1 rings (SSSR count). The first-order chi connectivity index (χ1) is 6.99. The first-order valence-electron chi connectivity index (χ1n) is 5.57. The largest absolute Gasteiger partial charge is 0.327 e. The minimum absolute atomic E-state index is 0.220. The van der Waals surface area contributed by atoms with Gasteiger partial charge in [0.05, 0.1) is 0 Å². The van der Waals surface area contributed by atoms with Crippen molar-refractivity contribution >= 4 is 11.5 Å². The van der Waals surface area contributed by atoms with E-state index < -0.39 is 0 Å². The Labute approximate surface area is 96.3 Å². The van der Waals surface area contributed by atoms with E-state index in [-0.39, 0.29) is 6.04 Å². The quantitative estimate of drug-likeness (QED) is 0.841. The normalized spacial score (nSPS) is 13.8. The van der Waals surface area contributed by atoms with Crippen molar-refractivity contribution in [2.45, 2.75) is 52.5 Å². The molecule has 0 saturated carbocycles. The Morgan fingerprint density at radius 1 is 1.27 bits per heavy atom. The molecule has 0 saturated heterocycles. The maximum absolute atomic E-state index is 6.03. The van der Waals surface area contributed by atoms with Crippen molar-refractivity contribution in [1.82, 2.24) is 9.36 Å². The van der Waals surface area contributed by atoms with Crippen LogP contribution >= 0.6 is 11.5 Å². The highest BCUT2D eigenvalue weighted by atomic mass is 32.1. The van der Waals surface area contributed by atoms with E-state index in [0.717, 1.165) is 23.7 Å². The van der Waals surface area contributed by atoms with Crippen molar-refractivity contribution in [2.24, 2.45) is 11.7 Å². The highest BCUT2D eigenvalue weighted by molar-refractivity contribution is 7.05. The number of rotatable bonds is 5. The topological polar surface area (TPSA) is 51.8 Å². The second kappa shape index (κ2) is 5.56. The summed E-state index contributed by atoms with van der Waals surface area (Å²) in [4.78, 5) is 4.48. The molecular weight excluding hydrogens is 206 g/mol. The van der Waals surface area contributed by atoms with Crippen LogP contribution in [0.25, 0.3) is 0 Å². The first kappa shape index (κ1) is 12.6. The molecule has 0 aromatic carbocycles. The molecule has 3 nitrogen and oxygen atoms in total. The Morgan fingerprint density at radius 2 is 1.93 bits per heavy atom. The smallest absolute Gasteiger partial charge is 0.145 e. The van der Waals surface area contributed by atoms with Gasteiger partial charge in [-0.3, -0.25) is 0 Å². The molecule has 0 spiro atoms. The van der Waals surface area contributed by atoms with Gasteiger partial charge in [-0.15, -0.1) is 0 Å². The van der Waals surface area contributed by atoms with Gasteiger partial charge in [-0.05, 0) is 23.9 Å². The minimum Gasteiger partial charge on any atom is -0.327 e. The maximum Gasteiger partial charge on any atom is 0.145 e. The predicted molar refractivity (Wildman–Crippen MR) is 65.1 cm³/mol. The van der Waals surface area contributed by atoms with Crippen molar-refractivity contribution in [3.63, 3.8) is 0 Å². The molecule has 0 aliphatic heterocycles. The van der Waals surface area contributed by atoms with Crippen molar-refractivity contribution in [3.8, 4) is 0 Å². The SMILES string of the molecule is CC(C)CC(N)Cc1nc(C(C)C)ns1. The molecule has 1 aromatic heterocycles. The molecule has 4 heteroatoms. The second-order valence-corrected chi connectivity index (χ2v) is 5.63. The lowest BCUT2D eigenvalue weighted by Crippen LogP contribution is -2.24. The van der Waals surface area contributed by atoms with Crippen LogP contribution < -0.4 is 5.73 Å². The highest BCUT2D eigenvalue weighted by Crippen LogP contribution is 2.16. The van der Waals surface area contributed by atoms with E-state index in [0.29, 0.717) is 11.8 Å². The fraction of sp³-hybridized carbons (Fsp3) is 0.818. The van der Waals surface area contributed by atoms with Gasteiger partial charge in [0.2, 0.25) is 0 Å². The van der Waals surface area contributed by atoms with E-state index >= 15 is 0 Å². The van der Waals surface area contributed by atoms with Gasteiger partial charge < -0.3 is 5.73 Å². The van der Waals surface area contributed by atoms with Crippen LogP contribution in [0.2, 0.25) is 0 Å². The molecule has 15 heavy (non-hydrogen) atoms. The number of nitrogens with zero attached hydrogens (tertiary/aromatic N) is 2. The van der Waals surface area contributed by atoms with Gasteiger partial charge in [-0.1, -0.05) is 27.7 Å². The summed E-state index contributed by atoms with van der Waals surface area (Å²) < 4.78 is 4.32. The maximum atomic E-state index is 6.03. The summed E-state index contributed by atoms with van der Waals surface area (Å²) in [5.41, 5.74) is 6.03. The average molecular weight is 227 g/mol. The van der Waals surface area contributed by atoms with Crippen molar-refractivity contribution in [3.05, 3.63) is 10.8 Å². The van der Waals surface area contributed by atoms with Gasteiger partial charge in [-0.2, -0.15) is 4.37 Å². The molecule has 0 aliphatic rings. The Kier molecular flexibility index (Phi) is 4.67. The van der Waals surface area contributed by atoms with E-state index in [1.807, 2.05) is 0 Å². The molecule has 0 fully saturated rings. The van der Waals surface area contributed by atoms with Crippen LogP contribution in [0.1, 0.15) is 50.9 Å². The molecule has 86 valence electrons. The van der Waals surface area contributed by atoms with Crippen LogP contribution in [0, 0.1) is 5.92 Å². The molecule has 1 unspecified atom stereocenters. The fourth-order valence-corrected chi connectivity index (χ4v) is 2.37. The highest BCUT2D eigenvalue weighted by Gasteiger charge is 2.12. The first-order valence-corrected chi connectivity index (χ1v) is 6.34. The third kappa shape index (κ3) is 4.26. The second-order valence-electron chi connectivity index (χ2n) is 4.79. The van der Waals surface area contributed by atoms with Gasteiger partial charge in [0.25, 0.3) is 0 Å². The molecule has 1 aromatic rings. The van der Waals surface area contributed by atoms with Crippen LogP contribution in [0.4, 0.5) is 0 Å². The van der Waals surface area contributed by atoms with Crippen LogP contribution in [0.5, 0.6) is 0 Å². The summed E-state index contributed by atoms with van der Waals surface area (Å²) in [5, 5.41) is 1.08. The summed E-state index contributed by atoms with van der Waals surface area (Å²) in [7, 11) is 0. The zero-order valence-corrected chi connectivity index (χ0v) is 10.8. The van der Waals surface area contributed by atoms with Gasteiger partial charge in [0, 0.05) is 18.4 Å². The zero-order chi connectivity index (χ0) is 11.4. The summed E-state index contributed by atoms with van der Waals surface area (Å²) in [6.07, 6.45) is 1.92. The van der Waals surface area contributed by atoms with E-state index in [2.05, 4.69) is 37.1 Å². The third-order valence-electron chi connectivity index (χ3n) is 2.21. The monoisotopic (exact) mass is 227 g/mol. The third-order valence-corrected chi connectivity index (χ3v) is 2.96. The van der Waals surface area contributed by atoms with Crippen LogP contribution in [0.15, 0.2) is 0 Å². The van der Waals surface area contributed by atoms with E-state index in [1.54, 1.807) is 0 Å². The van der Waals surface area contributed by atoms with Gasteiger partial charge in [-0.25, -0.2) is 4.98 Å². The molecule has 0 radical (unpaired) electrons. The van der Waals surface area contributed by atoms with Crippen LogP contribution in [-0.2, 0) is 6.42 Å². The van der Waals surface area contributed by atoms with E-state index in [9.17, 15) is 0 Å². The molecular formula is C11H21N3S. The lowest BCUT2D eigenvalue weighted by Gasteiger charge is -2.11. The van der Waals surface area contributed by atoms with E-state index in [1.165, 1.54) is 11.5 Å². The summed E-state index contributed by atoms with van der Waals surface area (Å²) in [6, 6.07) is 0.220. The van der Waals surface area contributed by atoms with Gasteiger partial charge in [0.15, 0.2) is 0 Å². The fourth-order valence-electron chi connectivity index (χ4n) is 1.50. The summed E-state index contributed by atoms with van der Waals surface area (Å²) in [6.45, 7) is 8.61. The Bertz CT molecular complexity index is 294. The number of aromatic nitrogens is 2. The Balaban J connectivity index is 2.49. The number of nitrogens with two attached hydrogens (primary N) is 1. The molecule has 0 bridgehead atoms. The van der Waals surface area contributed by atoms with Crippen molar-refractivity contribution in [2.75, 3.05) is 0 Å². The predicted octanol–water partition coefficient (Wildman–Crippen LogP) is 2.58. The minimum atomic E-state index is 0.220. The molecule has 2 N–H and O–H groups in total. The molecule has 0 amide bonds. The zero-order valence-electron chi connectivity index (χ0n) is 10.0. The van der Waals surface area contributed by atoms with Gasteiger partial charge in [0.1, 0.15) is 10.8 Å². The molecule has 1 heterocycles. The Morgan fingerprint density at radius 3 is 2.40 bits per heavy atom. The number of hydrogen-bond acceptors (Lipinski definition) is 4. The van der Waals surface area contributed by atoms with Crippen LogP contribution in [-0.4, -0.2) is 15.4 Å². The lowest BCUT2D eigenvalue weighted by molar-refractivity contribution is 0.492. The van der Waals surface area contributed by atoms with Crippen molar-refractivity contribution in [1.29, 1.82) is 0 Å². The lowest BCUT2D eigenvalue weighted by atomic mass is 10.0. The number of hydrogen-bond donors (Lipinski definition) is 1. The van der Waals surface area contributed by atoms with Crippen molar-refractivity contribution < 1.29 is 0 Å². The van der Waals surface area contributed by atoms with Crippen LogP contribution in [0.3, 0.4) is 0 Å². The van der Waals surface area contributed by atoms with E-state index in [4.69, 9.17) is 5.73 Å². The summed E-state index contributed by atoms with van der Waals surface area (Å²) in [5.74, 6) is 2.01. The molecule has 0 aliphatic carbocycles. The average Bonchev–Trinajstić information content (AvgIpc) is 2.50. The van der Waals surface area contributed by atoms with Gasteiger partial charge >= 0.3 is 0 Å². The summed E-state index contributed by atoms with van der Waals surface area (Å²) >= 11 is 1.49.